The quantitative estimate of drug-likeness (QED) is 0.803. The Morgan fingerprint density at radius 1 is 1.31 bits per heavy atom. The topological polar surface area (TPSA) is 20.2 Å². The molecule has 16 heavy (non-hydrogen) atoms. The van der Waals surface area contributed by atoms with Crippen LogP contribution in [0.4, 0.5) is 0 Å². The highest BCUT2D eigenvalue weighted by molar-refractivity contribution is 7.99. The summed E-state index contributed by atoms with van der Waals surface area (Å²) in [6.45, 7) is 2.23. The zero-order valence-electron chi connectivity index (χ0n) is 9.91. The summed E-state index contributed by atoms with van der Waals surface area (Å²) in [5.74, 6) is 2.19. The van der Waals surface area contributed by atoms with Crippen molar-refractivity contribution in [3.8, 4) is 0 Å². The van der Waals surface area contributed by atoms with Gasteiger partial charge in [0.15, 0.2) is 0 Å². The van der Waals surface area contributed by atoms with E-state index in [2.05, 4.69) is 19.1 Å². The Hall–Kier alpha value is -0.470. The zero-order chi connectivity index (χ0) is 11.4. The number of benzene rings is 1. The Balaban J connectivity index is 1.91. The average molecular weight is 236 g/mol. The van der Waals surface area contributed by atoms with E-state index in [1.807, 2.05) is 17.8 Å². The van der Waals surface area contributed by atoms with Gasteiger partial charge >= 0.3 is 0 Å². The van der Waals surface area contributed by atoms with Crippen molar-refractivity contribution in [2.45, 2.75) is 44.1 Å². The summed E-state index contributed by atoms with van der Waals surface area (Å²) in [5.41, 5.74) is 2.25. The molecule has 88 valence electrons. The van der Waals surface area contributed by atoms with Gasteiger partial charge in [0, 0.05) is 10.6 Å². The van der Waals surface area contributed by atoms with Gasteiger partial charge in [0.25, 0.3) is 0 Å². The van der Waals surface area contributed by atoms with Gasteiger partial charge in [0.1, 0.15) is 0 Å². The second-order valence-corrected chi connectivity index (χ2v) is 5.80. The fraction of sp³-hybridized carbons (Fsp3) is 0.571. The smallest absolute Gasteiger partial charge is 0.0684 e. The van der Waals surface area contributed by atoms with Crippen LogP contribution in [0.2, 0.25) is 0 Å². The number of aliphatic hydroxyl groups excluding tert-OH is 1. The van der Waals surface area contributed by atoms with Crippen LogP contribution in [0.15, 0.2) is 23.1 Å². The van der Waals surface area contributed by atoms with Crippen LogP contribution < -0.4 is 0 Å². The first-order chi connectivity index (χ1) is 7.79. The summed E-state index contributed by atoms with van der Waals surface area (Å²) in [5, 5.41) is 9.11. The minimum absolute atomic E-state index is 0.152. The lowest BCUT2D eigenvalue weighted by Gasteiger charge is -2.10. The Labute approximate surface area is 102 Å². The van der Waals surface area contributed by atoms with E-state index < -0.39 is 0 Å². The van der Waals surface area contributed by atoms with Gasteiger partial charge < -0.3 is 5.11 Å². The van der Waals surface area contributed by atoms with Crippen molar-refractivity contribution in [3.05, 3.63) is 29.3 Å². The van der Waals surface area contributed by atoms with Crippen molar-refractivity contribution >= 4 is 11.8 Å². The van der Waals surface area contributed by atoms with Crippen molar-refractivity contribution in [2.75, 3.05) is 5.75 Å². The monoisotopic (exact) mass is 236 g/mol. The number of hydrogen-bond donors (Lipinski definition) is 1. The van der Waals surface area contributed by atoms with Crippen LogP contribution in [0.25, 0.3) is 0 Å². The second kappa shape index (κ2) is 5.74. The minimum atomic E-state index is 0.152. The number of aliphatic hydroxyl groups is 1. The summed E-state index contributed by atoms with van der Waals surface area (Å²) in [7, 11) is 0. The van der Waals surface area contributed by atoms with Crippen molar-refractivity contribution in [1.82, 2.24) is 0 Å². The van der Waals surface area contributed by atoms with E-state index >= 15 is 0 Å². The molecule has 0 aromatic heterocycles. The summed E-state index contributed by atoms with van der Waals surface area (Å²) in [4.78, 5) is 1.35. The standard InChI is InChI=1S/C14H20OS/c1-11-8-14(7-6-13(11)9-15)16-10-12-4-2-3-5-12/h6-8,12,15H,2-5,9-10H2,1H3. The molecule has 0 saturated heterocycles. The molecule has 0 unspecified atom stereocenters. The summed E-state index contributed by atoms with van der Waals surface area (Å²) in [6.07, 6.45) is 5.68. The van der Waals surface area contributed by atoms with Crippen LogP contribution >= 0.6 is 11.8 Å². The highest BCUT2D eigenvalue weighted by Crippen LogP contribution is 2.31. The van der Waals surface area contributed by atoms with Gasteiger partial charge in [0.2, 0.25) is 0 Å². The highest BCUT2D eigenvalue weighted by atomic mass is 32.2. The number of aryl methyl sites for hydroxylation is 1. The lowest BCUT2D eigenvalue weighted by molar-refractivity contribution is 0.281. The molecule has 1 nitrogen and oxygen atoms in total. The molecule has 1 aromatic carbocycles. The van der Waals surface area contributed by atoms with Crippen LogP contribution in [-0.4, -0.2) is 10.9 Å². The van der Waals surface area contributed by atoms with Crippen molar-refractivity contribution in [3.63, 3.8) is 0 Å². The van der Waals surface area contributed by atoms with E-state index in [1.54, 1.807) is 0 Å². The molecule has 1 aliphatic carbocycles. The molecular formula is C14H20OS. The molecule has 1 aromatic rings. The molecule has 0 heterocycles. The average Bonchev–Trinajstić information content (AvgIpc) is 2.79. The molecule has 0 bridgehead atoms. The second-order valence-electron chi connectivity index (χ2n) is 4.71. The number of thioether (sulfide) groups is 1. The molecule has 0 radical (unpaired) electrons. The lowest BCUT2D eigenvalue weighted by Crippen LogP contribution is -1.96. The van der Waals surface area contributed by atoms with Gasteiger partial charge in [-0.25, -0.2) is 0 Å². The molecule has 1 fully saturated rings. The van der Waals surface area contributed by atoms with Crippen LogP contribution in [0.1, 0.15) is 36.8 Å². The maximum atomic E-state index is 9.11. The van der Waals surface area contributed by atoms with Gasteiger partial charge in [0.05, 0.1) is 6.61 Å². The maximum Gasteiger partial charge on any atom is 0.0684 e. The van der Waals surface area contributed by atoms with Gasteiger partial charge in [-0.05, 0) is 48.9 Å². The normalized spacial score (nSPS) is 16.9. The first-order valence-electron chi connectivity index (χ1n) is 6.13. The molecule has 1 saturated carbocycles. The van der Waals surface area contributed by atoms with Gasteiger partial charge in [-0.15, -0.1) is 11.8 Å². The van der Waals surface area contributed by atoms with Crippen molar-refractivity contribution < 1.29 is 5.11 Å². The summed E-state index contributed by atoms with van der Waals surface area (Å²) in [6, 6.07) is 6.38. The highest BCUT2D eigenvalue weighted by Gasteiger charge is 2.14. The van der Waals surface area contributed by atoms with Crippen molar-refractivity contribution in [2.24, 2.45) is 5.92 Å². The number of hydrogen-bond acceptors (Lipinski definition) is 2. The molecule has 2 heteroatoms. The Kier molecular flexibility index (Phi) is 4.30. The first-order valence-corrected chi connectivity index (χ1v) is 7.11. The van der Waals surface area contributed by atoms with E-state index in [-0.39, 0.29) is 6.61 Å². The lowest BCUT2D eigenvalue weighted by atomic mass is 10.1. The molecule has 0 atom stereocenters. The maximum absolute atomic E-state index is 9.11. The summed E-state index contributed by atoms with van der Waals surface area (Å²) < 4.78 is 0. The third-order valence-electron chi connectivity index (χ3n) is 3.44. The van der Waals surface area contributed by atoms with Gasteiger partial charge in [-0.1, -0.05) is 18.9 Å². The Morgan fingerprint density at radius 2 is 2.06 bits per heavy atom. The zero-order valence-corrected chi connectivity index (χ0v) is 10.7. The first kappa shape index (κ1) is 12.0. The molecule has 0 spiro atoms. The van der Waals surface area contributed by atoms with E-state index in [9.17, 15) is 0 Å². The van der Waals surface area contributed by atoms with E-state index in [4.69, 9.17) is 5.11 Å². The van der Waals surface area contributed by atoms with Crippen LogP contribution in [0, 0.1) is 12.8 Å². The molecule has 1 N–H and O–H groups in total. The molecule has 0 aliphatic heterocycles. The van der Waals surface area contributed by atoms with Gasteiger partial charge in [-0.3, -0.25) is 0 Å². The predicted molar refractivity (Wildman–Crippen MR) is 69.8 cm³/mol. The third-order valence-corrected chi connectivity index (χ3v) is 4.67. The Morgan fingerprint density at radius 3 is 2.69 bits per heavy atom. The van der Waals surface area contributed by atoms with E-state index in [1.165, 1.54) is 41.9 Å². The fourth-order valence-electron chi connectivity index (χ4n) is 2.33. The van der Waals surface area contributed by atoms with Crippen molar-refractivity contribution in [1.29, 1.82) is 0 Å². The molecule has 0 amide bonds. The summed E-state index contributed by atoms with van der Waals surface area (Å²) >= 11 is 1.97. The Bertz CT molecular complexity index is 343. The molecule has 1 aliphatic rings. The minimum Gasteiger partial charge on any atom is -0.392 e. The van der Waals surface area contributed by atoms with Crippen LogP contribution in [-0.2, 0) is 6.61 Å². The largest absolute Gasteiger partial charge is 0.392 e. The van der Waals surface area contributed by atoms with E-state index in [0.29, 0.717) is 0 Å². The van der Waals surface area contributed by atoms with Crippen LogP contribution in [0.3, 0.4) is 0 Å². The van der Waals surface area contributed by atoms with Crippen LogP contribution in [0.5, 0.6) is 0 Å². The van der Waals surface area contributed by atoms with E-state index in [0.717, 1.165) is 11.5 Å². The molecule has 2 rings (SSSR count). The predicted octanol–water partition coefficient (Wildman–Crippen LogP) is 3.77. The third kappa shape index (κ3) is 3.02. The number of rotatable bonds is 4. The fourth-order valence-corrected chi connectivity index (χ4v) is 3.51. The SMILES string of the molecule is Cc1cc(SCC2CCCC2)ccc1CO. The van der Waals surface area contributed by atoms with Gasteiger partial charge in [-0.2, -0.15) is 0 Å². The molecular weight excluding hydrogens is 216 g/mol.